The molecule has 1 unspecified atom stereocenters. The lowest BCUT2D eigenvalue weighted by atomic mass is 10.00. The number of nitrogens with zero attached hydrogens (tertiary/aromatic N) is 3. The molecule has 0 fully saturated rings. The number of hydrogen-bond acceptors (Lipinski definition) is 3. The van der Waals surface area contributed by atoms with Crippen molar-refractivity contribution >= 4 is 10.8 Å². The Balaban J connectivity index is 2.12. The van der Waals surface area contributed by atoms with Gasteiger partial charge in [0.2, 0.25) is 0 Å². The Labute approximate surface area is 117 Å². The fourth-order valence-corrected chi connectivity index (χ4v) is 2.51. The average Bonchev–Trinajstić information content (AvgIpc) is 2.87. The maximum absolute atomic E-state index is 10.7. The molecule has 102 valence electrons. The van der Waals surface area contributed by atoms with E-state index < -0.39 is 6.10 Å². The molecular weight excluding hydrogens is 250 g/mol. The van der Waals surface area contributed by atoms with Gasteiger partial charge in [0.05, 0.1) is 11.4 Å². The molecule has 4 heteroatoms. The summed E-state index contributed by atoms with van der Waals surface area (Å²) in [6.07, 6.45) is 3.72. The highest BCUT2D eigenvalue weighted by Gasteiger charge is 2.18. The van der Waals surface area contributed by atoms with E-state index in [2.05, 4.69) is 17.0 Å². The van der Waals surface area contributed by atoms with Gasteiger partial charge in [-0.2, -0.15) is 5.10 Å². The summed E-state index contributed by atoms with van der Waals surface area (Å²) in [5.41, 5.74) is 2.65. The molecule has 3 aromatic rings. The van der Waals surface area contributed by atoms with Crippen LogP contribution in [0.1, 0.15) is 30.0 Å². The van der Waals surface area contributed by atoms with Gasteiger partial charge in [0.1, 0.15) is 6.10 Å². The maximum atomic E-state index is 10.7. The Morgan fingerprint density at radius 2 is 2.15 bits per heavy atom. The summed E-state index contributed by atoms with van der Waals surface area (Å²) >= 11 is 0. The molecule has 0 aliphatic rings. The predicted molar refractivity (Wildman–Crippen MR) is 78.4 cm³/mol. The molecule has 2 aromatic heterocycles. The topological polar surface area (TPSA) is 50.9 Å². The van der Waals surface area contributed by atoms with E-state index in [0.29, 0.717) is 0 Å². The molecule has 2 heterocycles. The third kappa shape index (κ3) is 2.08. The highest BCUT2D eigenvalue weighted by atomic mass is 16.3. The number of aromatic nitrogens is 3. The van der Waals surface area contributed by atoms with E-state index in [1.54, 1.807) is 17.1 Å². The molecule has 4 nitrogen and oxygen atoms in total. The summed E-state index contributed by atoms with van der Waals surface area (Å²) in [5, 5.41) is 17.1. The predicted octanol–water partition coefficient (Wildman–Crippen LogP) is 2.61. The van der Waals surface area contributed by atoms with Crippen molar-refractivity contribution in [3.05, 3.63) is 59.7 Å². The number of aliphatic hydroxyl groups excluding tert-OH is 1. The van der Waals surface area contributed by atoms with Crippen LogP contribution in [0.15, 0.2) is 42.7 Å². The average molecular weight is 267 g/mol. The van der Waals surface area contributed by atoms with Crippen LogP contribution in [0, 0.1) is 0 Å². The molecular formula is C16H17N3O. The second-order valence-corrected chi connectivity index (χ2v) is 4.88. The van der Waals surface area contributed by atoms with Crippen molar-refractivity contribution in [3.63, 3.8) is 0 Å². The summed E-state index contributed by atoms with van der Waals surface area (Å²) in [6, 6.07) is 9.82. The van der Waals surface area contributed by atoms with Gasteiger partial charge in [0.15, 0.2) is 0 Å². The number of benzene rings is 1. The zero-order valence-corrected chi connectivity index (χ0v) is 11.6. The van der Waals surface area contributed by atoms with E-state index in [0.717, 1.165) is 34.1 Å². The minimum Gasteiger partial charge on any atom is -0.382 e. The second kappa shape index (κ2) is 5.06. The SMILES string of the molecule is CCc1cc(C(O)c2cccc3ccncc23)n(C)n1. The molecule has 0 spiro atoms. The van der Waals surface area contributed by atoms with Crippen LogP contribution in [-0.4, -0.2) is 19.9 Å². The van der Waals surface area contributed by atoms with Crippen molar-refractivity contribution in [1.82, 2.24) is 14.8 Å². The van der Waals surface area contributed by atoms with Crippen LogP contribution in [0.5, 0.6) is 0 Å². The van der Waals surface area contributed by atoms with Gasteiger partial charge in [0.25, 0.3) is 0 Å². The van der Waals surface area contributed by atoms with Crippen molar-refractivity contribution in [2.45, 2.75) is 19.4 Å². The number of rotatable bonds is 3. The molecule has 0 bridgehead atoms. The normalized spacial score (nSPS) is 12.8. The van der Waals surface area contributed by atoms with Crippen molar-refractivity contribution in [1.29, 1.82) is 0 Å². The van der Waals surface area contributed by atoms with Crippen molar-refractivity contribution in [3.8, 4) is 0 Å². The van der Waals surface area contributed by atoms with E-state index in [-0.39, 0.29) is 0 Å². The minimum atomic E-state index is -0.694. The monoisotopic (exact) mass is 267 g/mol. The van der Waals surface area contributed by atoms with Crippen molar-refractivity contribution < 1.29 is 5.11 Å². The minimum absolute atomic E-state index is 0.694. The van der Waals surface area contributed by atoms with E-state index in [1.807, 2.05) is 37.4 Å². The molecule has 0 saturated heterocycles. The molecule has 1 atom stereocenters. The van der Waals surface area contributed by atoms with Gasteiger partial charge in [-0.05, 0) is 29.5 Å². The van der Waals surface area contributed by atoms with Gasteiger partial charge in [-0.15, -0.1) is 0 Å². The highest BCUT2D eigenvalue weighted by Crippen LogP contribution is 2.28. The Kier molecular flexibility index (Phi) is 3.24. The highest BCUT2D eigenvalue weighted by molar-refractivity contribution is 5.85. The van der Waals surface area contributed by atoms with Crippen LogP contribution in [0.4, 0.5) is 0 Å². The molecule has 1 aromatic carbocycles. The van der Waals surface area contributed by atoms with Crippen LogP contribution < -0.4 is 0 Å². The van der Waals surface area contributed by atoms with Crippen molar-refractivity contribution in [2.24, 2.45) is 7.05 Å². The smallest absolute Gasteiger partial charge is 0.121 e. The summed E-state index contributed by atoms with van der Waals surface area (Å²) in [4.78, 5) is 4.16. The number of hydrogen-bond donors (Lipinski definition) is 1. The van der Waals surface area contributed by atoms with Gasteiger partial charge in [0, 0.05) is 24.8 Å². The first-order chi connectivity index (χ1) is 9.70. The van der Waals surface area contributed by atoms with Crippen LogP contribution in [0.3, 0.4) is 0 Å². The van der Waals surface area contributed by atoms with E-state index >= 15 is 0 Å². The second-order valence-electron chi connectivity index (χ2n) is 4.88. The fraction of sp³-hybridized carbons (Fsp3) is 0.250. The van der Waals surface area contributed by atoms with Gasteiger partial charge in [-0.1, -0.05) is 25.1 Å². The first-order valence-corrected chi connectivity index (χ1v) is 6.74. The quantitative estimate of drug-likeness (QED) is 0.793. The van der Waals surface area contributed by atoms with Crippen LogP contribution >= 0.6 is 0 Å². The number of aryl methyl sites for hydroxylation is 2. The molecule has 0 saturated carbocycles. The third-order valence-electron chi connectivity index (χ3n) is 3.62. The molecule has 0 aliphatic heterocycles. The molecule has 0 amide bonds. The summed E-state index contributed by atoms with van der Waals surface area (Å²) < 4.78 is 1.75. The zero-order chi connectivity index (χ0) is 14.1. The van der Waals surface area contributed by atoms with Gasteiger partial charge in [-0.25, -0.2) is 0 Å². The Morgan fingerprint density at radius 3 is 2.90 bits per heavy atom. The molecule has 3 rings (SSSR count). The van der Waals surface area contributed by atoms with Gasteiger partial charge < -0.3 is 5.11 Å². The fourth-order valence-electron chi connectivity index (χ4n) is 2.51. The van der Waals surface area contributed by atoms with E-state index in [4.69, 9.17) is 0 Å². The van der Waals surface area contributed by atoms with Crippen LogP contribution in [0.25, 0.3) is 10.8 Å². The van der Waals surface area contributed by atoms with Crippen LogP contribution in [0.2, 0.25) is 0 Å². The number of aliphatic hydroxyl groups is 1. The first-order valence-electron chi connectivity index (χ1n) is 6.74. The molecule has 0 aliphatic carbocycles. The lowest BCUT2D eigenvalue weighted by Gasteiger charge is -2.13. The van der Waals surface area contributed by atoms with Crippen LogP contribution in [-0.2, 0) is 13.5 Å². The van der Waals surface area contributed by atoms with E-state index in [1.165, 1.54) is 0 Å². The molecule has 0 radical (unpaired) electrons. The summed E-state index contributed by atoms with van der Waals surface area (Å²) in [7, 11) is 1.86. The number of pyridine rings is 1. The number of fused-ring (bicyclic) bond motifs is 1. The first kappa shape index (κ1) is 12.8. The Hall–Kier alpha value is -2.20. The lowest BCUT2D eigenvalue weighted by Crippen LogP contribution is -2.07. The lowest BCUT2D eigenvalue weighted by molar-refractivity contribution is 0.211. The van der Waals surface area contributed by atoms with Gasteiger partial charge >= 0.3 is 0 Å². The third-order valence-corrected chi connectivity index (χ3v) is 3.62. The Morgan fingerprint density at radius 1 is 1.30 bits per heavy atom. The standard InChI is InChI=1S/C16H17N3O/c1-3-12-9-15(19(2)18-12)16(20)13-6-4-5-11-7-8-17-10-14(11)13/h4-10,16,20H,3H2,1-2H3. The van der Waals surface area contributed by atoms with Gasteiger partial charge in [-0.3, -0.25) is 9.67 Å². The largest absolute Gasteiger partial charge is 0.382 e. The Bertz CT molecular complexity index is 743. The molecule has 1 N–H and O–H groups in total. The summed E-state index contributed by atoms with van der Waals surface area (Å²) in [6.45, 7) is 2.06. The molecule has 20 heavy (non-hydrogen) atoms. The van der Waals surface area contributed by atoms with E-state index in [9.17, 15) is 5.11 Å². The summed E-state index contributed by atoms with van der Waals surface area (Å²) in [5.74, 6) is 0. The van der Waals surface area contributed by atoms with Crippen molar-refractivity contribution in [2.75, 3.05) is 0 Å². The maximum Gasteiger partial charge on any atom is 0.121 e. The zero-order valence-electron chi connectivity index (χ0n) is 11.6.